The Balaban J connectivity index is 1.36. The van der Waals surface area contributed by atoms with E-state index in [4.69, 9.17) is 14.2 Å². The van der Waals surface area contributed by atoms with E-state index in [1.54, 1.807) is 11.6 Å². The van der Waals surface area contributed by atoms with Gasteiger partial charge in [-0.05, 0) is 75.1 Å². The van der Waals surface area contributed by atoms with E-state index in [1.165, 1.54) is 5.56 Å². The first-order valence-corrected chi connectivity index (χ1v) is 14.4. The molecule has 1 fully saturated rings. The van der Waals surface area contributed by atoms with Crippen LogP contribution in [0.15, 0.2) is 35.6 Å². The molecule has 5 rings (SSSR count). The van der Waals surface area contributed by atoms with Crippen LogP contribution in [0.2, 0.25) is 0 Å². The second-order valence-corrected chi connectivity index (χ2v) is 11.1. The van der Waals surface area contributed by atoms with Crippen LogP contribution in [0.1, 0.15) is 73.8 Å². The fourth-order valence-corrected chi connectivity index (χ4v) is 6.22. The molecule has 1 unspecified atom stereocenters. The maximum atomic E-state index is 13.5. The van der Waals surface area contributed by atoms with Gasteiger partial charge in [0.2, 0.25) is 0 Å². The first kappa shape index (κ1) is 28.1. The lowest BCUT2D eigenvalue weighted by Gasteiger charge is -2.41. The molecule has 0 amide bonds. The number of hydrogen-bond donors (Lipinski definition) is 1. The maximum absolute atomic E-state index is 13.5. The number of carbonyl (C=O) groups is 1. The minimum atomic E-state index is -0.719. The van der Waals surface area contributed by atoms with E-state index >= 15 is 0 Å². The predicted octanol–water partition coefficient (Wildman–Crippen LogP) is 5.19. The third-order valence-corrected chi connectivity index (χ3v) is 8.34. The van der Waals surface area contributed by atoms with Crippen LogP contribution in [0, 0.1) is 19.8 Å². The summed E-state index contributed by atoms with van der Waals surface area (Å²) in [6.45, 7) is 7.02. The van der Waals surface area contributed by atoms with Gasteiger partial charge in [0.25, 0.3) is 5.78 Å². The summed E-state index contributed by atoms with van der Waals surface area (Å²) in [7, 11) is 1.66. The molecule has 214 valence electrons. The van der Waals surface area contributed by atoms with E-state index in [2.05, 4.69) is 34.1 Å². The molecule has 0 bridgehead atoms. The maximum Gasteiger partial charge on any atom is 0.338 e. The predicted molar refractivity (Wildman–Crippen MR) is 151 cm³/mol. The molecule has 1 aliphatic carbocycles. The Hall–Kier alpha value is -3.46. The summed E-state index contributed by atoms with van der Waals surface area (Å²) in [5, 5.41) is 15.8. The Bertz CT molecular complexity index is 1410. The van der Waals surface area contributed by atoms with Gasteiger partial charge in [-0.25, -0.2) is 14.3 Å². The van der Waals surface area contributed by atoms with Crippen LogP contribution in [0.5, 0.6) is 5.75 Å². The second-order valence-electron chi connectivity index (χ2n) is 11.1. The largest absolute Gasteiger partial charge is 0.512 e. The summed E-state index contributed by atoms with van der Waals surface area (Å²) in [5.41, 5.74) is 3.60. The summed E-state index contributed by atoms with van der Waals surface area (Å²) >= 11 is 0. The normalized spacial score (nSPS) is 19.9. The molecule has 40 heavy (non-hydrogen) atoms. The van der Waals surface area contributed by atoms with Gasteiger partial charge in [-0.3, -0.25) is 0 Å². The molecule has 1 aromatic carbocycles. The van der Waals surface area contributed by atoms with Crippen LogP contribution in [0.4, 0.5) is 0 Å². The molecular weight excluding hydrogens is 508 g/mol. The number of aromatic nitrogens is 4. The molecule has 9 nitrogen and oxygen atoms in total. The Morgan fingerprint density at radius 3 is 2.67 bits per heavy atom. The summed E-state index contributed by atoms with van der Waals surface area (Å²) in [6.07, 6.45) is 6.92. The topological polar surface area (TPSA) is 108 Å². The number of methoxy groups -OCH3 is 1. The van der Waals surface area contributed by atoms with Crippen molar-refractivity contribution in [2.24, 2.45) is 5.92 Å². The fraction of sp³-hybridized carbons (Fsp3) is 0.548. The highest BCUT2D eigenvalue weighted by atomic mass is 16.6. The average Bonchev–Trinajstić information content (AvgIpc) is 3.61. The van der Waals surface area contributed by atoms with Crippen molar-refractivity contribution >= 4 is 11.7 Å². The van der Waals surface area contributed by atoms with Crippen molar-refractivity contribution in [3.8, 4) is 5.75 Å². The summed E-state index contributed by atoms with van der Waals surface area (Å²) < 4.78 is 19.0. The third kappa shape index (κ3) is 5.84. The minimum Gasteiger partial charge on any atom is -0.512 e. The number of ether oxygens (including phenoxy) is 3. The van der Waals surface area contributed by atoms with E-state index in [0.717, 1.165) is 61.2 Å². The molecule has 0 saturated heterocycles. The van der Waals surface area contributed by atoms with E-state index in [1.807, 2.05) is 26.0 Å². The fourth-order valence-electron chi connectivity index (χ4n) is 6.22. The molecular formula is C31H40N4O5. The van der Waals surface area contributed by atoms with Crippen molar-refractivity contribution < 1.29 is 24.1 Å². The molecule has 1 N–H and O–H groups in total. The third-order valence-electron chi connectivity index (χ3n) is 8.34. The second kappa shape index (κ2) is 12.0. The zero-order chi connectivity index (χ0) is 28.3. The molecule has 9 heteroatoms. The number of cyclic esters (lactones) is 1. The Kier molecular flexibility index (Phi) is 8.40. The van der Waals surface area contributed by atoms with Crippen molar-refractivity contribution in [3.05, 3.63) is 63.9 Å². The molecule has 1 atom stereocenters. The number of fused-ring (bicyclic) bond motifs is 1. The molecule has 1 saturated carbocycles. The van der Waals surface area contributed by atoms with E-state index in [0.29, 0.717) is 37.7 Å². The monoisotopic (exact) mass is 548 g/mol. The van der Waals surface area contributed by atoms with E-state index in [-0.39, 0.29) is 23.7 Å². The van der Waals surface area contributed by atoms with Gasteiger partial charge in [0, 0.05) is 31.3 Å². The molecule has 2 aromatic heterocycles. The van der Waals surface area contributed by atoms with Gasteiger partial charge < -0.3 is 19.3 Å². The minimum absolute atomic E-state index is 0.0963. The number of aliphatic hydroxyl groups excluding tert-OH is 1. The van der Waals surface area contributed by atoms with Crippen LogP contribution in [-0.4, -0.2) is 56.6 Å². The molecule has 3 aromatic rings. The number of aryl methyl sites for hydroxylation is 4. The van der Waals surface area contributed by atoms with Crippen molar-refractivity contribution in [1.29, 1.82) is 0 Å². The van der Waals surface area contributed by atoms with Crippen molar-refractivity contribution in [1.82, 2.24) is 19.6 Å². The number of hydrogen-bond acceptors (Lipinski definition) is 8. The highest BCUT2D eigenvalue weighted by Crippen LogP contribution is 2.46. The standard InChI is InChI=1S/C31H40N4O5/c1-5-23-17-22(10-11-27(23)39-15-14-38-4)12-13-31(24-8-6-7-9-24)19-26(36)25(29(37)40-31)18-28-33-30-32-20(2)16-21(3)35(30)34-28/h10-11,16-17,24,36H,5-9,12-15,18-19H2,1-4H3. The first-order valence-electron chi connectivity index (χ1n) is 14.4. The summed E-state index contributed by atoms with van der Waals surface area (Å²) in [5.74, 6) is 1.66. The van der Waals surface area contributed by atoms with Crippen molar-refractivity contribution in [3.63, 3.8) is 0 Å². The van der Waals surface area contributed by atoms with Crippen LogP contribution >= 0.6 is 0 Å². The zero-order valence-electron chi connectivity index (χ0n) is 24.0. The highest BCUT2D eigenvalue weighted by Gasteiger charge is 2.48. The van der Waals surface area contributed by atoms with Crippen molar-refractivity contribution in [2.75, 3.05) is 20.3 Å². The lowest BCUT2D eigenvalue weighted by Crippen LogP contribution is -2.46. The lowest BCUT2D eigenvalue weighted by molar-refractivity contribution is -0.167. The van der Waals surface area contributed by atoms with Gasteiger partial charge in [-0.2, -0.15) is 4.98 Å². The molecule has 0 radical (unpaired) electrons. The summed E-state index contributed by atoms with van der Waals surface area (Å²) in [4.78, 5) is 22.4. The van der Waals surface area contributed by atoms with Gasteiger partial charge in [0.05, 0.1) is 12.2 Å². The quantitative estimate of drug-likeness (QED) is 0.258. The lowest BCUT2D eigenvalue weighted by atomic mass is 9.76. The number of rotatable bonds is 11. The Morgan fingerprint density at radius 2 is 1.95 bits per heavy atom. The molecule has 2 aliphatic rings. The zero-order valence-corrected chi connectivity index (χ0v) is 24.0. The average molecular weight is 549 g/mol. The number of carbonyl (C=O) groups excluding carboxylic acids is 1. The van der Waals surface area contributed by atoms with E-state index < -0.39 is 11.6 Å². The van der Waals surface area contributed by atoms with Gasteiger partial charge >= 0.3 is 5.97 Å². The number of esters is 1. The van der Waals surface area contributed by atoms with Gasteiger partial charge in [0.1, 0.15) is 23.7 Å². The van der Waals surface area contributed by atoms with Gasteiger partial charge in [0.15, 0.2) is 5.82 Å². The number of nitrogens with zero attached hydrogens (tertiary/aromatic N) is 4. The van der Waals surface area contributed by atoms with Crippen molar-refractivity contribution in [2.45, 2.75) is 84.2 Å². The summed E-state index contributed by atoms with van der Waals surface area (Å²) in [6, 6.07) is 8.22. The van der Waals surface area contributed by atoms with Gasteiger partial charge in [-0.1, -0.05) is 31.9 Å². The first-order chi connectivity index (χ1) is 19.3. The molecule has 3 heterocycles. The van der Waals surface area contributed by atoms with Crippen LogP contribution < -0.4 is 4.74 Å². The molecule has 0 spiro atoms. The number of aliphatic hydroxyl groups is 1. The Labute approximate surface area is 235 Å². The smallest absolute Gasteiger partial charge is 0.338 e. The van der Waals surface area contributed by atoms with Gasteiger partial charge in [-0.15, -0.1) is 5.10 Å². The molecule has 1 aliphatic heterocycles. The van der Waals surface area contributed by atoms with E-state index in [9.17, 15) is 9.90 Å². The highest BCUT2D eigenvalue weighted by molar-refractivity contribution is 5.90. The van der Waals surface area contributed by atoms with Crippen LogP contribution in [-0.2, 0) is 33.5 Å². The number of benzene rings is 1. The van der Waals surface area contributed by atoms with Crippen LogP contribution in [0.3, 0.4) is 0 Å². The SMILES string of the molecule is CCc1cc(CCC2(C3CCCC3)CC(O)=C(Cc3nc4nc(C)cc(C)n4n3)C(=O)O2)ccc1OCCOC. The Morgan fingerprint density at radius 1 is 1.15 bits per heavy atom. The van der Waals surface area contributed by atoms with Crippen LogP contribution in [0.25, 0.3) is 5.78 Å².